The molecule has 0 aromatic heterocycles. The van der Waals surface area contributed by atoms with Gasteiger partial charge in [-0.1, -0.05) is 0 Å². The van der Waals surface area contributed by atoms with E-state index < -0.39 is 0 Å². The summed E-state index contributed by atoms with van der Waals surface area (Å²) in [6.45, 7) is 0. The van der Waals surface area contributed by atoms with Gasteiger partial charge >= 0.3 is 0 Å². The number of Topliss-reactive ketones (excluding diaryl/α,β-unsaturated/α-hetero) is 1. The lowest BCUT2D eigenvalue weighted by atomic mass is 10.0. The van der Waals surface area contributed by atoms with Crippen molar-refractivity contribution >= 4 is 5.78 Å². The summed E-state index contributed by atoms with van der Waals surface area (Å²) in [7, 11) is 9.26. The average molecular weight is 390 g/mol. The van der Waals surface area contributed by atoms with Gasteiger partial charge in [0.25, 0.3) is 0 Å². The fourth-order valence-electron chi connectivity index (χ4n) is 2.92. The molecule has 0 radical (unpaired) electrons. The third-order valence-corrected chi connectivity index (χ3v) is 4.41. The van der Waals surface area contributed by atoms with Crippen LogP contribution in [0.5, 0.6) is 34.5 Å². The quantitative estimate of drug-likeness (QED) is 0.575. The monoisotopic (exact) mass is 390 g/mol. The Morgan fingerprint density at radius 1 is 0.607 bits per heavy atom. The highest BCUT2D eigenvalue weighted by Gasteiger charge is 2.19. The van der Waals surface area contributed by atoms with Crippen LogP contribution in [0, 0.1) is 0 Å². The normalized spacial score (nSPS) is 10.2. The van der Waals surface area contributed by atoms with Crippen LogP contribution in [0.3, 0.4) is 0 Å². The Balaban J connectivity index is 2.29. The molecule has 28 heavy (non-hydrogen) atoms. The Morgan fingerprint density at radius 2 is 1.04 bits per heavy atom. The molecule has 0 bridgehead atoms. The van der Waals surface area contributed by atoms with E-state index in [1.807, 2.05) is 6.07 Å². The van der Waals surface area contributed by atoms with E-state index >= 15 is 0 Å². The number of aryl methyl sites for hydroxylation is 1. The Hall–Kier alpha value is -3.09. The van der Waals surface area contributed by atoms with Crippen molar-refractivity contribution in [1.82, 2.24) is 0 Å². The fourth-order valence-corrected chi connectivity index (χ4v) is 2.92. The number of carbonyl (C=O) groups excluding carboxylic acids is 1. The zero-order valence-corrected chi connectivity index (χ0v) is 17.1. The summed E-state index contributed by atoms with van der Waals surface area (Å²) in [5.74, 6) is 3.08. The predicted octanol–water partition coefficient (Wildman–Crippen LogP) is 3.55. The van der Waals surface area contributed by atoms with E-state index in [4.69, 9.17) is 28.4 Å². The van der Waals surface area contributed by atoms with E-state index in [-0.39, 0.29) is 12.2 Å². The van der Waals surface area contributed by atoms with Gasteiger partial charge in [-0.2, -0.15) is 0 Å². The van der Waals surface area contributed by atoms with Gasteiger partial charge in [-0.05, 0) is 24.1 Å². The van der Waals surface area contributed by atoms with Crippen molar-refractivity contribution in [1.29, 1.82) is 0 Å². The second kappa shape index (κ2) is 9.73. The van der Waals surface area contributed by atoms with Crippen LogP contribution in [-0.2, 0) is 6.42 Å². The summed E-state index contributed by atoms with van der Waals surface area (Å²) in [6.07, 6.45) is 0.706. The number of ketones is 1. The van der Waals surface area contributed by atoms with Gasteiger partial charge in [0, 0.05) is 18.6 Å². The van der Waals surface area contributed by atoms with Crippen molar-refractivity contribution in [2.75, 3.05) is 42.7 Å². The highest BCUT2D eigenvalue weighted by atomic mass is 16.5. The number of hydrogen-bond acceptors (Lipinski definition) is 7. The van der Waals surface area contributed by atoms with E-state index in [1.165, 1.54) is 21.3 Å². The Kier molecular flexibility index (Phi) is 7.37. The molecular weight excluding hydrogens is 364 g/mol. The van der Waals surface area contributed by atoms with Crippen molar-refractivity contribution < 1.29 is 33.2 Å². The molecule has 0 unspecified atom stereocenters. The Morgan fingerprint density at radius 3 is 1.54 bits per heavy atom. The molecule has 0 atom stereocenters. The minimum atomic E-state index is -0.0883. The highest BCUT2D eigenvalue weighted by molar-refractivity contribution is 5.99. The van der Waals surface area contributed by atoms with Crippen LogP contribution in [0.25, 0.3) is 0 Å². The lowest BCUT2D eigenvalue weighted by Crippen LogP contribution is -2.06. The molecule has 0 saturated heterocycles. The molecule has 152 valence electrons. The van der Waals surface area contributed by atoms with Gasteiger partial charge < -0.3 is 28.4 Å². The molecule has 0 aliphatic rings. The minimum Gasteiger partial charge on any atom is -0.496 e. The van der Waals surface area contributed by atoms with Gasteiger partial charge in [-0.25, -0.2) is 0 Å². The average Bonchev–Trinajstić information content (AvgIpc) is 2.75. The standard InChI is InChI=1S/C21H26O7/c1-23-16-11-20(27-5)18(25-3)9-13(16)7-8-15(22)14-10-19(26-4)21(28-6)12-17(14)24-2/h9-12H,7-8H2,1-6H3. The lowest BCUT2D eigenvalue weighted by Gasteiger charge is -2.15. The van der Waals surface area contributed by atoms with Gasteiger partial charge in [0.15, 0.2) is 28.8 Å². The van der Waals surface area contributed by atoms with Gasteiger partial charge in [-0.3, -0.25) is 4.79 Å². The second-order valence-electron chi connectivity index (χ2n) is 5.85. The maximum absolute atomic E-state index is 12.9. The van der Waals surface area contributed by atoms with Crippen LogP contribution in [0.2, 0.25) is 0 Å². The molecule has 0 N–H and O–H groups in total. The molecular formula is C21H26O7. The van der Waals surface area contributed by atoms with Crippen molar-refractivity contribution in [3.8, 4) is 34.5 Å². The third kappa shape index (κ3) is 4.42. The second-order valence-corrected chi connectivity index (χ2v) is 5.85. The van der Waals surface area contributed by atoms with Crippen LogP contribution in [0.15, 0.2) is 24.3 Å². The summed E-state index contributed by atoms with van der Waals surface area (Å²) >= 11 is 0. The molecule has 7 heteroatoms. The van der Waals surface area contributed by atoms with Crippen LogP contribution in [0.4, 0.5) is 0 Å². The molecule has 0 fully saturated rings. The summed E-state index contributed by atoms with van der Waals surface area (Å²) in [5.41, 5.74) is 1.27. The largest absolute Gasteiger partial charge is 0.496 e. The third-order valence-electron chi connectivity index (χ3n) is 4.41. The molecule has 2 aromatic carbocycles. The first-order valence-corrected chi connectivity index (χ1v) is 8.64. The molecule has 0 saturated carbocycles. The number of carbonyl (C=O) groups is 1. The summed E-state index contributed by atoms with van der Waals surface area (Å²) in [6, 6.07) is 6.83. The van der Waals surface area contributed by atoms with Crippen LogP contribution in [-0.4, -0.2) is 48.4 Å². The number of methoxy groups -OCH3 is 6. The molecule has 0 aliphatic carbocycles. The molecule has 0 spiro atoms. The van der Waals surface area contributed by atoms with Gasteiger partial charge in [0.2, 0.25) is 0 Å². The smallest absolute Gasteiger partial charge is 0.167 e. The van der Waals surface area contributed by atoms with Crippen LogP contribution >= 0.6 is 0 Å². The first-order valence-electron chi connectivity index (χ1n) is 8.64. The SMILES string of the molecule is COc1cc(OC)c(OC)cc1CCC(=O)c1cc(OC)c(OC)cc1OC. The molecule has 7 nitrogen and oxygen atoms in total. The van der Waals surface area contributed by atoms with Crippen molar-refractivity contribution in [3.05, 3.63) is 35.4 Å². The molecule has 0 aliphatic heterocycles. The molecule has 2 aromatic rings. The predicted molar refractivity (Wildman–Crippen MR) is 105 cm³/mol. The summed E-state index contributed by atoms with van der Waals surface area (Å²) in [4.78, 5) is 12.9. The zero-order chi connectivity index (χ0) is 20.7. The summed E-state index contributed by atoms with van der Waals surface area (Å²) < 4.78 is 32.0. The van der Waals surface area contributed by atoms with E-state index in [2.05, 4.69) is 0 Å². The van der Waals surface area contributed by atoms with Crippen molar-refractivity contribution in [2.24, 2.45) is 0 Å². The maximum Gasteiger partial charge on any atom is 0.167 e. The topological polar surface area (TPSA) is 72.5 Å². The highest BCUT2D eigenvalue weighted by Crippen LogP contribution is 2.37. The Bertz CT molecular complexity index is 830. The van der Waals surface area contributed by atoms with Crippen LogP contribution < -0.4 is 28.4 Å². The molecule has 0 amide bonds. The number of benzene rings is 2. The first kappa shape index (κ1) is 21.2. The maximum atomic E-state index is 12.9. The van der Waals surface area contributed by atoms with Crippen molar-refractivity contribution in [3.63, 3.8) is 0 Å². The number of rotatable bonds is 10. The minimum absolute atomic E-state index is 0.0883. The molecule has 0 heterocycles. The zero-order valence-electron chi connectivity index (χ0n) is 17.1. The Labute approximate surface area is 165 Å². The van der Waals surface area contributed by atoms with E-state index in [9.17, 15) is 4.79 Å². The summed E-state index contributed by atoms with van der Waals surface area (Å²) in [5, 5.41) is 0. The van der Waals surface area contributed by atoms with E-state index in [0.29, 0.717) is 46.5 Å². The van der Waals surface area contributed by atoms with Crippen molar-refractivity contribution in [2.45, 2.75) is 12.8 Å². The first-order chi connectivity index (χ1) is 13.5. The fraction of sp³-hybridized carbons (Fsp3) is 0.381. The van der Waals surface area contributed by atoms with Gasteiger partial charge in [0.1, 0.15) is 11.5 Å². The number of ether oxygens (including phenoxy) is 6. The lowest BCUT2D eigenvalue weighted by molar-refractivity contribution is 0.0979. The number of hydrogen-bond donors (Lipinski definition) is 0. The van der Waals surface area contributed by atoms with Gasteiger partial charge in [0.05, 0.1) is 48.2 Å². The molecule has 2 rings (SSSR count). The van der Waals surface area contributed by atoms with Gasteiger partial charge in [-0.15, -0.1) is 0 Å². The van der Waals surface area contributed by atoms with E-state index in [1.54, 1.807) is 39.5 Å². The van der Waals surface area contributed by atoms with E-state index in [0.717, 1.165) is 5.56 Å². The van der Waals surface area contributed by atoms with Crippen LogP contribution in [0.1, 0.15) is 22.3 Å².